The average molecular weight is 224 g/mol. The Labute approximate surface area is 93.8 Å². The van der Waals surface area contributed by atoms with E-state index in [2.05, 4.69) is 10.5 Å². The molecule has 0 saturated heterocycles. The second-order valence-electron chi connectivity index (χ2n) is 4.15. The van der Waals surface area contributed by atoms with Gasteiger partial charge < -0.3 is 14.9 Å². The molecule has 2 N–H and O–H groups in total. The van der Waals surface area contributed by atoms with Crippen LogP contribution in [-0.2, 0) is 0 Å². The van der Waals surface area contributed by atoms with Crippen molar-refractivity contribution in [2.45, 2.75) is 38.1 Å². The molecule has 5 heteroatoms. The van der Waals surface area contributed by atoms with Gasteiger partial charge in [0.05, 0.1) is 12.6 Å². The molecule has 1 heterocycles. The summed E-state index contributed by atoms with van der Waals surface area (Å²) in [5.74, 6) is 0.965. The van der Waals surface area contributed by atoms with E-state index in [4.69, 9.17) is 9.63 Å². The molecule has 1 aliphatic rings. The van der Waals surface area contributed by atoms with E-state index < -0.39 is 0 Å². The van der Waals surface area contributed by atoms with Crippen LogP contribution in [-0.4, -0.2) is 28.8 Å². The van der Waals surface area contributed by atoms with Crippen LogP contribution in [0.3, 0.4) is 0 Å². The fraction of sp³-hybridized carbons (Fsp3) is 0.636. The average Bonchev–Trinajstić information content (AvgIpc) is 3.03. The highest BCUT2D eigenvalue weighted by molar-refractivity contribution is 5.92. The number of nitrogens with one attached hydrogen (secondary N) is 1. The predicted octanol–water partition coefficient (Wildman–Crippen LogP) is 1.05. The number of aliphatic hydroxyl groups excluding tert-OH is 1. The third kappa shape index (κ3) is 2.41. The molecule has 1 atom stereocenters. The third-order valence-corrected chi connectivity index (χ3v) is 2.79. The zero-order chi connectivity index (χ0) is 11.5. The van der Waals surface area contributed by atoms with Crippen molar-refractivity contribution in [1.29, 1.82) is 0 Å². The number of carbonyl (C=O) groups excluding carboxylic acids is 1. The van der Waals surface area contributed by atoms with Crippen LogP contribution in [0.25, 0.3) is 0 Å². The van der Waals surface area contributed by atoms with Gasteiger partial charge >= 0.3 is 0 Å². The minimum Gasteiger partial charge on any atom is -0.394 e. The van der Waals surface area contributed by atoms with Gasteiger partial charge in [0.15, 0.2) is 5.69 Å². The topological polar surface area (TPSA) is 75.4 Å². The van der Waals surface area contributed by atoms with E-state index in [1.165, 1.54) is 0 Å². The molecule has 1 aromatic heterocycles. The van der Waals surface area contributed by atoms with E-state index in [0.717, 1.165) is 18.6 Å². The van der Waals surface area contributed by atoms with Gasteiger partial charge in [0.25, 0.3) is 5.91 Å². The van der Waals surface area contributed by atoms with E-state index in [0.29, 0.717) is 18.0 Å². The van der Waals surface area contributed by atoms with Crippen molar-refractivity contribution in [2.24, 2.45) is 0 Å². The van der Waals surface area contributed by atoms with E-state index in [1.807, 2.05) is 6.92 Å². The number of nitrogens with zero attached hydrogens (tertiary/aromatic N) is 1. The number of amides is 1. The lowest BCUT2D eigenvalue weighted by Crippen LogP contribution is -2.37. The van der Waals surface area contributed by atoms with Gasteiger partial charge in [-0.1, -0.05) is 12.1 Å². The SMILES string of the molecule is CC[C@H](CO)NC(=O)c1cc(C2CC2)on1. The lowest BCUT2D eigenvalue weighted by atomic mass is 10.2. The highest BCUT2D eigenvalue weighted by atomic mass is 16.5. The lowest BCUT2D eigenvalue weighted by molar-refractivity contribution is 0.0905. The van der Waals surface area contributed by atoms with Crippen LogP contribution >= 0.6 is 0 Å². The third-order valence-electron chi connectivity index (χ3n) is 2.79. The Morgan fingerprint density at radius 1 is 1.75 bits per heavy atom. The number of aromatic nitrogens is 1. The van der Waals surface area contributed by atoms with Crippen LogP contribution in [0.2, 0.25) is 0 Å². The van der Waals surface area contributed by atoms with Crippen molar-refractivity contribution in [1.82, 2.24) is 10.5 Å². The van der Waals surface area contributed by atoms with Crippen LogP contribution in [0, 0.1) is 0 Å². The largest absolute Gasteiger partial charge is 0.394 e. The van der Waals surface area contributed by atoms with Crippen LogP contribution in [0.15, 0.2) is 10.6 Å². The van der Waals surface area contributed by atoms with Gasteiger partial charge in [0.1, 0.15) is 5.76 Å². The Hall–Kier alpha value is -1.36. The van der Waals surface area contributed by atoms with Crippen molar-refractivity contribution in [2.75, 3.05) is 6.61 Å². The molecule has 0 radical (unpaired) electrons. The molecule has 1 amide bonds. The maximum Gasteiger partial charge on any atom is 0.273 e. The molecule has 2 rings (SSSR count). The first-order valence-electron chi connectivity index (χ1n) is 5.63. The van der Waals surface area contributed by atoms with Gasteiger partial charge in [-0.25, -0.2) is 0 Å². The molecule has 1 aromatic rings. The van der Waals surface area contributed by atoms with Crippen molar-refractivity contribution in [3.8, 4) is 0 Å². The van der Waals surface area contributed by atoms with Crippen LogP contribution in [0.5, 0.6) is 0 Å². The first-order chi connectivity index (χ1) is 7.74. The van der Waals surface area contributed by atoms with Crippen LogP contribution in [0.1, 0.15) is 48.4 Å². The van der Waals surface area contributed by atoms with E-state index in [9.17, 15) is 4.79 Å². The van der Waals surface area contributed by atoms with Crippen molar-refractivity contribution >= 4 is 5.91 Å². The number of aliphatic hydroxyl groups is 1. The Kier molecular flexibility index (Phi) is 3.24. The summed E-state index contributed by atoms with van der Waals surface area (Å²) in [5, 5.41) is 15.4. The molecule has 5 nitrogen and oxygen atoms in total. The minimum atomic E-state index is -0.281. The molecule has 0 aliphatic heterocycles. The molecule has 0 aromatic carbocycles. The molecule has 88 valence electrons. The van der Waals surface area contributed by atoms with Gasteiger partial charge in [-0.3, -0.25) is 4.79 Å². The minimum absolute atomic E-state index is 0.0599. The predicted molar refractivity (Wildman–Crippen MR) is 57.1 cm³/mol. The summed E-state index contributed by atoms with van der Waals surface area (Å²) in [5.41, 5.74) is 0.300. The molecule has 0 bridgehead atoms. The molecule has 1 fully saturated rings. The molecular formula is C11H16N2O3. The molecular weight excluding hydrogens is 208 g/mol. The van der Waals surface area contributed by atoms with Crippen molar-refractivity contribution in [3.63, 3.8) is 0 Å². The maximum atomic E-state index is 11.7. The van der Waals surface area contributed by atoms with Crippen LogP contribution in [0.4, 0.5) is 0 Å². The van der Waals surface area contributed by atoms with E-state index in [1.54, 1.807) is 6.07 Å². The fourth-order valence-corrected chi connectivity index (χ4v) is 1.49. The summed E-state index contributed by atoms with van der Waals surface area (Å²) in [4.78, 5) is 11.7. The smallest absolute Gasteiger partial charge is 0.273 e. The quantitative estimate of drug-likeness (QED) is 0.784. The van der Waals surface area contributed by atoms with Gasteiger partial charge in [0, 0.05) is 12.0 Å². The van der Waals surface area contributed by atoms with Gasteiger partial charge in [-0.15, -0.1) is 0 Å². The second kappa shape index (κ2) is 4.65. The normalized spacial score (nSPS) is 17.1. The first kappa shape index (κ1) is 11.1. The summed E-state index contributed by atoms with van der Waals surface area (Å²) in [6.45, 7) is 1.84. The molecule has 16 heavy (non-hydrogen) atoms. The summed E-state index contributed by atoms with van der Waals surface area (Å²) in [6.07, 6.45) is 2.92. The Morgan fingerprint density at radius 2 is 2.50 bits per heavy atom. The first-order valence-corrected chi connectivity index (χ1v) is 5.63. The zero-order valence-electron chi connectivity index (χ0n) is 9.27. The monoisotopic (exact) mass is 224 g/mol. The number of carbonyl (C=O) groups is 1. The van der Waals surface area contributed by atoms with Crippen molar-refractivity contribution in [3.05, 3.63) is 17.5 Å². The van der Waals surface area contributed by atoms with E-state index in [-0.39, 0.29) is 18.6 Å². The van der Waals surface area contributed by atoms with Gasteiger partial charge in [-0.05, 0) is 19.3 Å². The number of hydrogen-bond donors (Lipinski definition) is 2. The standard InChI is InChI=1S/C11H16N2O3/c1-2-8(6-14)12-11(15)9-5-10(16-13-9)7-3-4-7/h5,7-8,14H,2-4,6H2,1H3,(H,12,15)/t8-/m1/s1. The molecule has 1 aliphatic carbocycles. The lowest BCUT2D eigenvalue weighted by Gasteiger charge is -2.11. The second-order valence-corrected chi connectivity index (χ2v) is 4.15. The van der Waals surface area contributed by atoms with Crippen molar-refractivity contribution < 1.29 is 14.4 Å². The molecule has 0 unspecified atom stereocenters. The summed E-state index contributed by atoms with van der Waals surface area (Å²) in [6, 6.07) is 1.48. The highest BCUT2D eigenvalue weighted by Gasteiger charge is 2.29. The Morgan fingerprint density at radius 3 is 3.06 bits per heavy atom. The maximum absolute atomic E-state index is 11.7. The Balaban J connectivity index is 1.96. The Bertz CT molecular complexity index is 367. The summed E-state index contributed by atoms with van der Waals surface area (Å²) >= 11 is 0. The summed E-state index contributed by atoms with van der Waals surface area (Å²) in [7, 11) is 0. The fourth-order valence-electron chi connectivity index (χ4n) is 1.49. The van der Waals surface area contributed by atoms with Gasteiger partial charge in [-0.2, -0.15) is 0 Å². The zero-order valence-corrected chi connectivity index (χ0v) is 9.27. The number of rotatable bonds is 5. The molecule has 0 spiro atoms. The molecule has 1 saturated carbocycles. The highest BCUT2D eigenvalue weighted by Crippen LogP contribution is 2.40. The van der Waals surface area contributed by atoms with E-state index >= 15 is 0 Å². The summed E-state index contributed by atoms with van der Waals surface area (Å²) < 4.78 is 5.09. The van der Waals surface area contributed by atoms with Crippen LogP contribution < -0.4 is 5.32 Å². The van der Waals surface area contributed by atoms with Gasteiger partial charge in [0.2, 0.25) is 0 Å². The number of hydrogen-bond acceptors (Lipinski definition) is 4.